The first-order chi connectivity index (χ1) is 17.0. The summed E-state index contributed by atoms with van der Waals surface area (Å²) in [6, 6.07) is 22.8. The van der Waals surface area contributed by atoms with E-state index in [9.17, 15) is 14.4 Å². The maximum Gasteiger partial charge on any atom is 0.306 e. The number of hydrogen-bond acceptors (Lipinski definition) is 5. The lowest BCUT2D eigenvalue weighted by atomic mass is 10.0. The summed E-state index contributed by atoms with van der Waals surface area (Å²) in [7, 11) is 1.81. The van der Waals surface area contributed by atoms with Gasteiger partial charge in [-0.05, 0) is 48.2 Å². The highest BCUT2D eigenvalue weighted by Crippen LogP contribution is 2.36. The van der Waals surface area contributed by atoms with E-state index in [4.69, 9.17) is 4.74 Å². The van der Waals surface area contributed by atoms with Crippen LogP contribution in [0.15, 0.2) is 77.6 Å². The van der Waals surface area contributed by atoms with Crippen LogP contribution in [0.5, 0.6) is 0 Å². The van der Waals surface area contributed by atoms with Crippen molar-refractivity contribution in [2.45, 2.75) is 25.7 Å². The number of anilines is 2. The minimum absolute atomic E-state index is 0.0130. The minimum Gasteiger partial charge on any atom is -0.456 e. The van der Waals surface area contributed by atoms with Gasteiger partial charge in [0.1, 0.15) is 5.82 Å². The largest absolute Gasteiger partial charge is 0.456 e. The molecule has 176 valence electrons. The zero-order valence-corrected chi connectivity index (χ0v) is 19.4. The van der Waals surface area contributed by atoms with Crippen LogP contribution >= 0.6 is 0 Å². The molecule has 1 aliphatic rings. The monoisotopic (exact) mass is 467 g/mol. The van der Waals surface area contributed by atoms with Crippen LogP contribution in [0.1, 0.15) is 23.4 Å². The summed E-state index contributed by atoms with van der Waals surface area (Å²) in [4.78, 5) is 43.9. The smallest absolute Gasteiger partial charge is 0.306 e. The number of amides is 1. The van der Waals surface area contributed by atoms with Crippen LogP contribution in [0.25, 0.3) is 10.9 Å². The van der Waals surface area contributed by atoms with Crippen LogP contribution in [0.2, 0.25) is 0 Å². The van der Waals surface area contributed by atoms with E-state index < -0.39 is 5.97 Å². The number of nitrogens with zero attached hydrogens (tertiary/aromatic N) is 3. The third-order valence-corrected chi connectivity index (χ3v) is 6.40. The summed E-state index contributed by atoms with van der Waals surface area (Å²) >= 11 is 0. The second kappa shape index (κ2) is 9.54. The van der Waals surface area contributed by atoms with Crippen LogP contribution in [-0.4, -0.2) is 28.0 Å². The molecule has 0 saturated carbocycles. The van der Waals surface area contributed by atoms with E-state index >= 15 is 0 Å². The van der Waals surface area contributed by atoms with Gasteiger partial charge >= 0.3 is 5.97 Å². The zero-order valence-electron chi connectivity index (χ0n) is 19.4. The van der Waals surface area contributed by atoms with Gasteiger partial charge in [-0.3, -0.25) is 19.3 Å². The fraction of sp³-hybridized carbons (Fsp3) is 0.214. The molecule has 2 heterocycles. The molecule has 1 aromatic heterocycles. The number of carbonyl (C=O) groups excluding carboxylic acids is 2. The Bertz CT molecular complexity index is 1440. The van der Waals surface area contributed by atoms with Crippen molar-refractivity contribution in [2.24, 2.45) is 7.05 Å². The minimum atomic E-state index is -0.517. The second-order valence-electron chi connectivity index (χ2n) is 8.56. The van der Waals surface area contributed by atoms with Crippen LogP contribution in [-0.2, 0) is 40.6 Å². The molecule has 5 rings (SSSR count). The highest BCUT2D eigenvalue weighted by molar-refractivity contribution is 6.03. The molecule has 0 bridgehead atoms. The van der Waals surface area contributed by atoms with Crippen molar-refractivity contribution >= 4 is 34.2 Å². The average Bonchev–Trinajstić information content (AvgIpc) is 3.05. The number of benzene rings is 3. The van der Waals surface area contributed by atoms with Gasteiger partial charge in [-0.15, -0.1) is 0 Å². The summed E-state index contributed by atoms with van der Waals surface area (Å²) in [5, 5.41) is 0.532. The summed E-state index contributed by atoms with van der Waals surface area (Å²) in [5.74, 6) is -0.333. The van der Waals surface area contributed by atoms with Crippen LogP contribution in [0, 0.1) is 0 Å². The Morgan fingerprint density at radius 3 is 2.17 bits per heavy atom. The van der Waals surface area contributed by atoms with Crippen molar-refractivity contribution in [3.8, 4) is 0 Å². The molecule has 0 saturated heterocycles. The first-order valence-corrected chi connectivity index (χ1v) is 11.6. The number of rotatable bonds is 5. The first kappa shape index (κ1) is 22.5. The van der Waals surface area contributed by atoms with E-state index in [0.29, 0.717) is 11.2 Å². The molecule has 1 amide bonds. The van der Waals surface area contributed by atoms with Gasteiger partial charge in [-0.2, -0.15) is 4.98 Å². The number of hydrogen-bond donors (Lipinski definition) is 0. The van der Waals surface area contributed by atoms with Gasteiger partial charge in [-0.1, -0.05) is 48.5 Å². The van der Waals surface area contributed by atoms with E-state index in [0.717, 1.165) is 40.9 Å². The van der Waals surface area contributed by atoms with Gasteiger partial charge < -0.3 is 9.30 Å². The van der Waals surface area contributed by atoms with Crippen molar-refractivity contribution in [3.05, 3.63) is 100 Å². The second-order valence-corrected chi connectivity index (χ2v) is 8.56. The number of aryl methyl sites for hydroxylation is 4. The third kappa shape index (κ3) is 4.45. The van der Waals surface area contributed by atoms with E-state index in [1.807, 2.05) is 67.7 Å². The van der Waals surface area contributed by atoms with Crippen LogP contribution < -0.4 is 10.5 Å². The Morgan fingerprint density at radius 1 is 0.886 bits per heavy atom. The molecule has 7 heteroatoms. The van der Waals surface area contributed by atoms with Gasteiger partial charge in [0.2, 0.25) is 0 Å². The van der Waals surface area contributed by atoms with E-state index in [-0.39, 0.29) is 30.9 Å². The van der Waals surface area contributed by atoms with Crippen molar-refractivity contribution < 1.29 is 14.3 Å². The zero-order chi connectivity index (χ0) is 24.4. The predicted octanol–water partition coefficient (Wildman–Crippen LogP) is 3.87. The molecule has 0 aliphatic carbocycles. The Morgan fingerprint density at radius 2 is 1.49 bits per heavy atom. The van der Waals surface area contributed by atoms with E-state index in [1.165, 1.54) is 0 Å². The maximum atomic E-state index is 13.3. The summed E-state index contributed by atoms with van der Waals surface area (Å²) in [6.45, 7) is -0.369. The molecule has 1 aliphatic heterocycles. The third-order valence-electron chi connectivity index (χ3n) is 6.40. The van der Waals surface area contributed by atoms with Crippen molar-refractivity contribution in [1.29, 1.82) is 0 Å². The normalized spacial score (nSPS) is 12.5. The van der Waals surface area contributed by atoms with E-state index in [1.54, 1.807) is 21.6 Å². The molecule has 4 aromatic rings. The number of ether oxygens (including phenoxy) is 1. The summed E-state index contributed by atoms with van der Waals surface area (Å²) in [5.41, 5.74) is 4.21. The van der Waals surface area contributed by atoms with Gasteiger partial charge in [0.25, 0.3) is 11.5 Å². The van der Waals surface area contributed by atoms with Crippen LogP contribution in [0.4, 0.5) is 11.4 Å². The molecule has 0 N–H and O–H groups in total. The molecule has 35 heavy (non-hydrogen) atoms. The molecule has 0 unspecified atom stereocenters. The van der Waals surface area contributed by atoms with Gasteiger partial charge in [0.15, 0.2) is 6.61 Å². The number of carbonyl (C=O) groups is 2. The molecule has 0 radical (unpaired) electrons. The average molecular weight is 468 g/mol. The van der Waals surface area contributed by atoms with Gasteiger partial charge in [0.05, 0.1) is 28.7 Å². The number of para-hydroxylation sites is 3. The quantitative estimate of drug-likeness (QED) is 0.416. The fourth-order valence-corrected chi connectivity index (χ4v) is 4.60. The predicted molar refractivity (Wildman–Crippen MR) is 134 cm³/mol. The molecular weight excluding hydrogens is 442 g/mol. The number of esters is 1. The lowest BCUT2D eigenvalue weighted by Gasteiger charge is -2.24. The number of fused-ring (bicyclic) bond motifs is 3. The van der Waals surface area contributed by atoms with Crippen molar-refractivity contribution in [2.75, 3.05) is 11.5 Å². The summed E-state index contributed by atoms with van der Waals surface area (Å²) in [6.07, 6.45) is 1.90. The molecular formula is C28H25N3O4. The molecule has 0 spiro atoms. The maximum absolute atomic E-state index is 13.3. The molecule has 0 fully saturated rings. The topological polar surface area (TPSA) is 81.5 Å². The summed E-state index contributed by atoms with van der Waals surface area (Å²) < 4.78 is 7.17. The molecule has 3 aromatic carbocycles. The highest BCUT2D eigenvalue weighted by atomic mass is 16.5. The first-order valence-electron chi connectivity index (χ1n) is 11.6. The Hall–Kier alpha value is -4.26. The lowest BCUT2D eigenvalue weighted by molar-refractivity contribution is -0.147. The fourth-order valence-electron chi connectivity index (χ4n) is 4.60. The number of aromatic nitrogens is 2. The van der Waals surface area contributed by atoms with Gasteiger partial charge in [0, 0.05) is 13.5 Å². The van der Waals surface area contributed by atoms with Crippen LogP contribution in [0.3, 0.4) is 0 Å². The Labute approximate surface area is 202 Å². The molecule has 7 nitrogen and oxygen atoms in total. The van der Waals surface area contributed by atoms with Crippen molar-refractivity contribution in [3.63, 3.8) is 0 Å². The van der Waals surface area contributed by atoms with E-state index in [2.05, 4.69) is 4.98 Å². The lowest BCUT2D eigenvalue weighted by Crippen LogP contribution is -2.31. The highest BCUT2D eigenvalue weighted by Gasteiger charge is 2.26. The Kier molecular flexibility index (Phi) is 6.14. The van der Waals surface area contributed by atoms with Gasteiger partial charge in [-0.25, -0.2) is 0 Å². The molecule has 0 atom stereocenters. The van der Waals surface area contributed by atoms with Crippen molar-refractivity contribution in [1.82, 2.24) is 9.55 Å². The Balaban J connectivity index is 1.29. The standard InChI is InChI=1S/C28H25N3O4/c1-30-24-13-7-4-10-21(24)28(34)29-25(30)16-17-27(33)35-18-26(32)31-22-11-5-2-8-19(22)14-15-20-9-3-6-12-23(20)31/h2-13H,14-18H2,1H3. The SMILES string of the molecule is Cn1c(CCC(=O)OCC(=O)N2c3ccccc3CCc3ccccc32)nc(=O)c2ccccc21.